The van der Waals surface area contributed by atoms with E-state index in [-0.39, 0.29) is 0 Å². The number of allylic oxidation sites excluding steroid dienone is 8. The Bertz CT molecular complexity index is 686. The molecule has 2 heterocycles. The van der Waals surface area contributed by atoms with Gasteiger partial charge in [-0.15, -0.1) is 0 Å². The molecule has 1 N–H and O–H groups in total. The van der Waals surface area contributed by atoms with Gasteiger partial charge in [0.05, 0.1) is 5.69 Å². The number of rotatable bonds is 2. The van der Waals surface area contributed by atoms with Gasteiger partial charge in [0, 0.05) is 18.1 Å². The van der Waals surface area contributed by atoms with Crippen LogP contribution in [-0.2, 0) is 0 Å². The van der Waals surface area contributed by atoms with Crippen LogP contribution in [0.1, 0.15) is 24.2 Å². The molecule has 0 spiro atoms. The molecule has 0 amide bonds. The molecule has 0 atom stereocenters. The molecule has 0 bridgehead atoms. The van der Waals surface area contributed by atoms with E-state index in [1.807, 2.05) is 36.7 Å². The summed E-state index contributed by atoms with van der Waals surface area (Å²) in [6.07, 6.45) is 18.6. The highest BCUT2D eigenvalue weighted by atomic mass is 14.7. The number of aromatic amines is 1. The summed E-state index contributed by atoms with van der Waals surface area (Å²) in [6, 6.07) is 10.1. The van der Waals surface area contributed by atoms with Gasteiger partial charge in [-0.25, -0.2) is 0 Å². The largest absolute Gasteiger partial charge is 0.361 e. The fourth-order valence-corrected chi connectivity index (χ4v) is 2.37. The second-order valence-electron chi connectivity index (χ2n) is 4.95. The molecule has 0 saturated carbocycles. The molecule has 21 heavy (non-hydrogen) atoms. The topological polar surface area (TPSA) is 28.7 Å². The first-order chi connectivity index (χ1) is 10.4. The van der Waals surface area contributed by atoms with Gasteiger partial charge in [0.25, 0.3) is 0 Å². The quantitative estimate of drug-likeness (QED) is 0.838. The van der Waals surface area contributed by atoms with Crippen molar-refractivity contribution in [2.24, 2.45) is 0 Å². The van der Waals surface area contributed by atoms with Gasteiger partial charge in [-0.2, -0.15) is 0 Å². The van der Waals surface area contributed by atoms with E-state index in [0.717, 1.165) is 18.5 Å². The Kier molecular flexibility index (Phi) is 4.27. The van der Waals surface area contributed by atoms with Gasteiger partial charge in [-0.05, 0) is 48.3 Å². The molecule has 0 aliphatic heterocycles. The van der Waals surface area contributed by atoms with Crippen molar-refractivity contribution in [3.63, 3.8) is 0 Å². The minimum atomic E-state index is 1.02. The van der Waals surface area contributed by atoms with Crippen LogP contribution in [0.25, 0.3) is 11.1 Å². The third kappa shape index (κ3) is 3.48. The first-order valence-corrected chi connectivity index (χ1v) is 7.20. The Hall–Kier alpha value is -2.61. The first-order valence-electron chi connectivity index (χ1n) is 7.20. The number of hydrogen-bond acceptors (Lipinski definition) is 1. The second kappa shape index (κ2) is 6.71. The van der Waals surface area contributed by atoms with Crippen molar-refractivity contribution in [3.05, 3.63) is 90.6 Å². The third-order valence-electron chi connectivity index (χ3n) is 3.48. The minimum absolute atomic E-state index is 1.02. The molecule has 2 heteroatoms. The van der Waals surface area contributed by atoms with E-state index in [4.69, 9.17) is 0 Å². The first kappa shape index (κ1) is 13.4. The van der Waals surface area contributed by atoms with E-state index in [1.54, 1.807) is 0 Å². The normalized spacial score (nSPS) is 15.4. The van der Waals surface area contributed by atoms with E-state index in [2.05, 4.69) is 52.5 Å². The predicted molar refractivity (Wildman–Crippen MR) is 88.5 cm³/mol. The smallest absolute Gasteiger partial charge is 0.0664 e. The number of pyridine rings is 1. The molecule has 4 rings (SSSR count). The Labute approximate surface area is 125 Å². The molecule has 0 unspecified atom stereocenters. The molecule has 0 aromatic carbocycles. The maximum atomic E-state index is 4.25. The van der Waals surface area contributed by atoms with Crippen molar-refractivity contribution in [3.8, 4) is 0 Å². The summed E-state index contributed by atoms with van der Waals surface area (Å²) >= 11 is 0. The fraction of sp³-hybridized carbons (Fsp3) is 0.105. The monoisotopic (exact) mass is 274 g/mol. The van der Waals surface area contributed by atoms with E-state index >= 15 is 0 Å². The average Bonchev–Trinajstić information content (AvgIpc) is 3.29. The van der Waals surface area contributed by atoms with Crippen molar-refractivity contribution in [1.82, 2.24) is 9.97 Å². The molecule has 2 aliphatic rings. The van der Waals surface area contributed by atoms with Gasteiger partial charge in [0.15, 0.2) is 0 Å². The molecular formula is C19H18N2. The molecule has 2 aliphatic carbocycles. The highest BCUT2D eigenvalue weighted by Crippen LogP contribution is 2.21. The van der Waals surface area contributed by atoms with Gasteiger partial charge >= 0.3 is 0 Å². The van der Waals surface area contributed by atoms with Crippen LogP contribution >= 0.6 is 0 Å². The summed E-state index contributed by atoms with van der Waals surface area (Å²) < 4.78 is 0. The van der Waals surface area contributed by atoms with Gasteiger partial charge < -0.3 is 4.98 Å². The summed E-state index contributed by atoms with van der Waals surface area (Å²) in [5.41, 5.74) is 5.03. The lowest BCUT2D eigenvalue weighted by molar-refractivity contribution is 1.24. The van der Waals surface area contributed by atoms with E-state index in [9.17, 15) is 0 Å². The molecule has 104 valence electrons. The number of nitrogens with zero attached hydrogens (tertiary/aromatic N) is 1. The summed E-state index contributed by atoms with van der Waals surface area (Å²) in [6.45, 7) is 0. The second-order valence-corrected chi connectivity index (χ2v) is 4.95. The zero-order valence-corrected chi connectivity index (χ0v) is 11.9. The van der Waals surface area contributed by atoms with Crippen LogP contribution in [0.2, 0.25) is 0 Å². The van der Waals surface area contributed by atoms with Crippen molar-refractivity contribution < 1.29 is 0 Å². The van der Waals surface area contributed by atoms with Crippen LogP contribution in [0.15, 0.2) is 79.2 Å². The number of H-pyrrole nitrogens is 1. The molecule has 2 nitrogen and oxygen atoms in total. The van der Waals surface area contributed by atoms with Crippen molar-refractivity contribution in [1.29, 1.82) is 0 Å². The van der Waals surface area contributed by atoms with Crippen LogP contribution in [-0.4, -0.2) is 9.97 Å². The van der Waals surface area contributed by atoms with Crippen molar-refractivity contribution in [2.45, 2.75) is 12.8 Å². The summed E-state index contributed by atoms with van der Waals surface area (Å²) in [7, 11) is 0. The standard InChI is InChI=1S/C10H9N.C9H9N/c1-2-6-9(5-1)10-7-3-4-8-11-10;1-2-5-8(4-1)9-6-3-7-10-9/h1-5,7-8H,6H2;1-4,6-7,10H,5H2. The highest BCUT2D eigenvalue weighted by Gasteiger charge is 2.02. The lowest BCUT2D eigenvalue weighted by atomic mass is 10.1. The summed E-state index contributed by atoms with van der Waals surface area (Å²) in [5, 5.41) is 0. The van der Waals surface area contributed by atoms with Gasteiger partial charge in [-0.3, -0.25) is 4.98 Å². The maximum absolute atomic E-state index is 4.25. The average molecular weight is 274 g/mol. The summed E-state index contributed by atoms with van der Waals surface area (Å²) in [4.78, 5) is 7.42. The highest BCUT2D eigenvalue weighted by molar-refractivity contribution is 5.68. The Balaban J connectivity index is 0.000000126. The van der Waals surface area contributed by atoms with Crippen LogP contribution in [0.5, 0.6) is 0 Å². The molecule has 2 aromatic heterocycles. The third-order valence-corrected chi connectivity index (χ3v) is 3.48. The zero-order valence-electron chi connectivity index (χ0n) is 11.9. The lowest BCUT2D eigenvalue weighted by Crippen LogP contribution is -1.83. The summed E-state index contributed by atoms with van der Waals surface area (Å²) in [5.74, 6) is 0. The number of aromatic nitrogens is 2. The molecule has 0 radical (unpaired) electrons. The molecule has 0 fully saturated rings. The van der Waals surface area contributed by atoms with Crippen LogP contribution in [0.3, 0.4) is 0 Å². The SMILES string of the molecule is C1=CCC(c2ccc[nH]2)=C1.C1=CCC(c2ccccn2)=C1. The number of nitrogens with one attached hydrogen (secondary N) is 1. The molecule has 2 aromatic rings. The van der Waals surface area contributed by atoms with E-state index in [1.165, 1.54) is 16.8 Å². The van der Waals surface area contributed by atoms with Gasteiger partial charge in [0.2, 0.25) is 0 Å². The predicted octanol–water partition coefficient (Wildman–Crippen LogP) is 4.78. The zero-order chi connectivity index (χ0) is 14.3. The minimum Gasteiger partial charge on any atom is -0.361 e. The Morgan fingerprint density at radius 3 is 2.24 bits per heavy atom. The Morgan fingerprint density at radius 1 is 0.857 bits per heavy atom. The van der Waals surface area contributed by atoms with Crippen LogP contribution in [0.4, 0.5) is 0 Å². The van der Waals surface area contributed by atoms with Crippen molar-refractivity contribution >= 4 is 11.1 Å². The van der Waals surface area contributed by atoms with Gasteiger partial charge in [-0.1, -0.05) is 42.5 Å². The lowest BCUT2D eigenvalue weighted by Gasteiger charge is -1.97. The van der Waals surface area contributed by atoms with Crippen LogP contribution < -0.4 is 0 Å². The molecule has 0 saturated heterocycles. The number of hydrogen-bond donors (Lipinski definition) is 1. The van der Waals surface area contributed by atoms with Crippen molar-refractivity contribution in [2.75, 3.05) is 0 Å². The van der Waals surface area contributed by atoms with Crippen LogP contribution in [0, 0.1) is 0 Å². The van der Waals surface area contributed by atoms with Gasteiger partial charge in [0.1, 0.15) is 0 Å². The fourth-order valence-electron chi connectivity index (χ4n) is 2.37. The van der Waals surface area contributed by atoms with E-state index < -0.39 is 0 Å². The molecular weight excluding hydrogens is 256 g/mol. The van der Waals surface area contributed by atoms with E-state index in [0.29, 0.717) is 0 Å². The Morgan fingerprint density at radius 2 is 1.67 bits per heavy atom. The maximum Gasteiger partial charge on any atom is 0.0664 e.